The highest BCUT2D eigenvalue weighted by molar-refractivity contribution is 7.13. The lowest BCUT2D eigenvalue weighted by Crippen LogP contribution is -2.53. The van der Waals surface area contributed by atoms with Gasteiger partial charge in [-0.2, -0.15) is 0 Å². The zero-order chi connectivity index (χ0) is 32.4. The first kappa shape index (κ1) is 35.2. The van der Waals surface area contributed by atoms with Gasteiger partial charge in [0.2, 0.25) is 23.6 Å². The van der Waals surface area contributed by atoms with Crippen molar-refractivity contribution in [2.45, 2.75) is 97.8 Å². The van der Waals surface area contributed by atoms with Gasteiger partial charge in [0.25, 0.3) is 0 Å². The lowest BCUT2D eigenvalue weighted by molar-refractivity contribution is -0.150. The summed E-state index contributed by atoms with van der Waals surface area (Å²) in [5, 5.41) is 16.3. The molecule has 1 fully saturated rings. The van der Waals surface area contributed by atoms with Gasteiger partial charge < -0.3 is 26.4 Å². The molecule has 1 aromatic carbocycles. The fourth-order valence-corrected chi connectivity index (χ4v) is 6.93. The van der Waals surface area contributed by atoms with Crippen LogP contribution in [-0.2, 0) is 25.7 Å². The quantitative estimate of drug-likeness (QED) is 0.219. The second-order valence-electron chi connectivity index (χ2n) is 12.9. The Bertz CT molecular complexity index is 1270. The lowest BCUT2D eigenvalue weighted by atomic mass is 9.70. The SMILES string of the molecule is CNC(=O)C(CCCCCCCC(N)=O)[C@H](C(=O)N1C[C@H](O)C[C@H]1C(=O)NCc1ccc(-c2scnc2C)cc1)C(C)(C)C. The van der Waals surface area contributed by atoms with Gasteiger partial charge >= 0.3 is 0 Å². The van der Waals surface area contributed by atoms with Gasteiger partial charge in [-0.1, -0.05) is 70.7 Å². The first-order valence-corrected chi connectivity index (χ1v) is 16.5. The van der Waals surface area contributed by atoms with E-state index in [0.29, 0.717) is 19.4 Å². The molecule has 0 aliphatic carbocycles. The average molecular weight is 628 g/mol. The number of hydrogen-bond acceptors (Lipinski definition) is 7. The number of hydrogen-bond donors (Lipinski definition) is 4. The summed E-state index contributed by atoms with van der Waals surface area (Å²) in [7, 11) is 1.57. The Morgan fingerprint density at radius 3 is 2.34 bits per heavy atom. The predicted molar refractivity (Wildman–Crippen MR) is 172 cm³/mol. The summed E-state index contributed by atoms with van der Waals surface area (Å²) in [6.07, 6.45) is 4.38. The number of nitrogens with zero attached hydrogens (tertiary/aromatic N) is 2. The Morgan fingerprint density at radius 1 is 1.09 bits per heavy atom. The Kier molecular flexibility index (Phi) is 12.9. The maximum Gasteiger partial charge on any atom is 0.243 e. The molecule has 0 radical (unpaired) electrons. The summed E-state index contributed by atoms with van der Waals surface area (Å²) in [4.78, 5) is 58.6. The van der Waals surface area contributed by atoms with Crippen molar-refractivity contribution in [3.05, 3.63) is 41.0 Å². The molecule has 4 amide bonds. The van der Waals surface area contributed by atoms with Crippen molar-refractivity contribution >= 4 is 35.0 Å². The van der Waals surface area contributed by atoms with Crippen LogP contribution in [-0.4, -0.2) is 64.4 Å². The summed E-state index contributed by atoms with van der Waals surface area (Å²) >= 11 is 1.58. The number of unbranched alkanes of at least 4 members (excludes halogenated alkanes) is 4. The molecule has 3 rings (SSSR count). The number of rotatable bonds is 15. The van der Waals surface area contributed by atoms with E-state index in [1.54, 1.807) is 18.4 Å². The molecule has 2 aromatic rings. The molecule has 11 heteroatoms. The van der Waals surface area contributed by atoms with Crippen molar-refractivity contribution in [2.24, 2.45) is 23.0 Å². The summed E-state index contributed by atoms with van der Waals surface area (Å²) in [5.74, 6) is -2.37. The van der Waals surface area contributed by atoms with Crippen molar-refractivity contribution in [1.29, 1.82) is 0 Å². The van der Waals surface area contributed by atoms with Crippen molar-refractivity contribution < 1.29 is 24.3 Å². The van der Waals surface area contributed by atoms with Crippen LogP contribution < -0.4 is 16.4 Å². The number of β-amino-alcohol motifs (C(OH)–C–C–N with tert-alkyl or cyclic N) is 1. The number of nitrogens with one attached hydrogen (secondary N) is 2. The minimum atomic E-state index is -0.823. The van der Waals surface area contributed by atoms with Gasteiger partial charge in [0.15, 0.2) is 0 Å². The van der Waals surface area contributed by atoms with Crippen LogP contribution in [0.2, 0.25) is 0 Å². The molecule has 242 valence electrons. The van der Waals surface area contributed by atoms with E-state index in [9.17, 15) is 24.3 Å². The molecular formula is C33H49N5O5S. The van der Waals surface area contributed by atoms with Crippen molar-refractivity contribution in [3.8, 4) is 10.4 Å². The molecule has 0 spiro atoms. The maximum atomic E-state index is 14.2. The number of primary amides is 1. The summed E-state index contributed by atoms with van der Waals surface area (Å²) in [6, 6.07) is 7.11. The first-order valence-electron chi connectivity index (χ1n) is 15.6. The molecule has 10 nitrogen and oxygen atoms in total. The smallest absolute Gasteiger partial charge is 0.243 e. The van der Waals surface area contributed by atoms with Gasteiger partial charge in [-0.05, 0) is 36.3 Å². The van der Waals surface area contributed by atoms with E-state index in [-0.39, 0.29) is 36.6 Å². The van der Waals surface area contributed by atoms with E-state index >= 15 is 0 Å². The summed E-state index contributed by atoms with van der Waals surface area (Å²) in [6.45, 7) is 8.13. The van der Waals surface area contributed by atoms with Gasteiger partial charge in [-0.15, -0.1) is 11.3 Å². The number of thiazole rings is 1. The predicted octanol–water partition coefficient (Wildman–Crippen LogP) is 3.94. The number of carbonyl (C=O) groups excluding carboxylic acids is 4. The fourth-order valence-electron chi connectivity index (χ4n) is 6.12. The fraction of sp³-hybridized carbons (Fsp3) is 0.606. The molecule has 1 aliphatic heterocycles. The number of aryl methyl sites for hydroxylation is 1. The van der Waals surface area contributed by atoms with Crippen LogP contribution in [0.5, 0.6) is 0 Å². The van der Waals surface area contributed by atoms with Gasteiger partial charge in [-0.25, -0.2) is 4.98 Å². The maximum absolute atomic E-state index is 14.2. The van der Waals surface area contributed by atoms with Crippen LogP contribution in [0.1, 0.15) is 83.4 Å². The van der Waals surface area contributed by atoms with Crippen molar-refractivity contribution in [1.82, 2.24) is 20.5 Å². The van der Waals surface area contributed by atoms with Gasteiger partial charge in [-0.3, -0.25) is 19.2 Å². The van der Waals surface area contributed by atoms with E-state index in [1.165, 1.54) is 4.90 Å². The van der Waals surface area contributed by atoms with E-state index in [2.05, 4.69) is 15.6 Å². The van der Waals surface area contributed by atoms with Crippen LogP contribution in [0.15, 0.2) is 29.8 Å². The highest BCUT2D eigenvalue weighted by Crippen LogP contribution is 2.38. The number of likely N-dealkylation sites (tertiary alicyclic amines) is 1. The standard InChI is InChI=1S/C33H49N5O5S/c1-21-29(44-20-37-21)23-15-13-22(14-16-23)18-36-31(42)26-17-24(39)19-38(26)32(43)28(33(2,3)4)25(30(41)35-5)11-9-7-6-8-10-12-27(34)40/h13-16,20,24-26,28,39H,6-12,17-19H2,1-5H3,(H2,34,40)(H,35,41)(H,36,42)/t24-,25?,26+,28-/m1/s1. The van der Waals surface area contributed by atoms with E-state index in [1.807, 2.05) is 57.5 Å². The number of aliphatic hydroxyl groups is 1. The number of carbonyl (C=O) groups is 4. The number of aliphatic hydroxyl groups excluding tert-OH is 1. The first-order chi connectivity index (χ1) is 20.8. The molecular weight excluding hydrogens is 578 g/mol. The minimum Gasteiger partial charge on any atom is -0.391 e. The van der Waals surface area contributed by atoms with Crippen LogP contribution >= 0.6 is 11.3 Å². The highest BCUT2D eigenvalue weighted by atomic mass is 32.1. The van der Waals surface area contributed by atoms with Crippen molar-refractivity contribution in [3.63, 3.8) is 0 Å². The second kappa shape index (κ2) is 16.1. The van der Waals surface area contributed by atoms with Gasteiger partial charge in [0.1, 0.15) is 6.04 Å². The molecule has 1 unspecified atom stereocenters. The summed E-state index contributed by atoms with van der Waals surface area (Å²) in [5.41, 5.74) is 9.43. The third-order valence-corrected chi connectivity index (χ3v) is 9.39. The largest absolute Gasteiger partial charge is 0.391 e. The third kappa shape index (κ3) is 9.59. The second-order valence-corrected chi connectivity index (χ2v) is 13.8. The minimum absolute atomic E-state index is 0.0483. The highest BCUT2D eigenvalue weighted by Gasteiger charge is 2.47. The topological polar surface area (TPSA) is 155 Å². The Morgan fingerprint density at radius 2 is 1.75 bits per heavy atom. The normalized spacial score (nSPS) is 18.1. The Labute approximate surface area is 265 Å². The van der Waals surface area contributed by atoms with Gasteiger partial charge in [0, 0.05) is 33.0 Å². The van der Waals surface area contributed by atoms with Crippen LogP contribution in [0.25, 0.3) is 10.4 Å². The molecule has 1 aromatic heterocycles. The van der Waals surface area contributed by atoms with Gasteiger partial charge in [0.05, 0.1) is 34.0 Å². The third-order valence-electron chi connectivity index (χ3n) is 8.42. The Balaban J connectivity index is 1.68. The number of nitrogens with two attached hydrogens (primary N) is 1. The molecule has 44 heavy (non-hydrogen) atoms. The molecule has 0 bridgehead atoms. The zero-order valence-electron chi connectivity index (χ0n) is 26.7. The number of benzene rings is 1. The van der Waals surface area contributed by atoms with E-state index < -0.39 is 29.4 Å². The lowest BCUT2D eigenvalue weighted by Gasteiger charge is -2.39. The number of aromatic nitrogens is 1. The molecule has 0 saturated carbocycles. The molecule has 5 N–H and O–H groups in total. The molecule has 1 aliphatic rings. The van der Waals surface area contributed by atoms with Crippen molar-refractivity contribution in [2.75, 3.05) is 13.6 Å². The zero-order valence-corrected chi connectivity index (χ0v) is 27.5. The molecule has 2 heterocycles. The monoisotopic (exact) mass is 627 g/mol. The van der Waals surface area contributed by atoms with Crippen LogP contribution in [0, 0.1) is 24.2 Å². The van der Waals surface area contributed by atoms with E-state index in [4.69, 9.17) is 5.73 Å². The molecule has 1 saturated heterocycles. The Hall–Kier alpha value is -3.31. The molecule has 4 atom stereocenters. The summed E-state index contributed by atoms with van der Waals surface area (Å²) < 4.78 is 0. The average Bonchev–Trinajstić information content (AvgIpc) is 3.58. The number of amides is 4. The van der Waals surface area contributed by atoms with Crippen LogP contribution in [0.4, 0.5) is 0 Å². The van der Waals surface area contributed by atoms with E-state index in [0.717, 1.165) is 53.8 Å². The van der Waals surface area contributed by atoms with Crippen LogP contribution in [0.3, 0.4) is 0 Å².